The minimum atomic E-state index is -0.871. The summed E-state index contributed by atoms with van der Waals surface area (Å²) in [5.74, 6) is 2.38. The van der Waals surface area contributed by atoms with Crippen molar-refractivity contribution < 1.29 is 28.7 Å². The van der Waals surface area contributed by atoms with Gasteiger partial charge in [0, 0.05) is 11.7 Å². The number of ketones is 2. The second-order valence-corrected chi connectivity index (χ2v) is 7.12. The SMILES string of the molecule is O=C1Oc2ccccc2C(=O)C1=C=Nc1ccccc1N=C=C1C(=O)Oc2ccccc2C1=O. The molecule has 2 heterocycles. The van der Waals surface area contributed by atoms with Crippen LogP contribution in [0.15, 0.2) is 93.9 Å². The molecule has 0 saturated heterocycles. The van der Waals surface area contributed by atoms with E-state index in [2.05, 4.69) is 21.7 Å². The molecular formula is C26H12N2O6. The molecular weight excluding hydrogens is 436 g/mol. The molecule has 0 N–H and O–H groups in total. The molecule has 5 rings (SSSR count). The Morgan fingerprint density at radius 2 is 0.912 bits per heavy atom. The summed E-state index contributed by atoms with van der Waals surface area (Å²) < 4.78 is 10.3. The molecule has 0 amide bonds. The van der Waals surface area contributed by atoms with Crippen molar-refractivity contribution in [2.45, 2.75) is 0 Å². The maximum Gasteiger partial charge on any atom is 0.357 e. The van der Waals surface area contributed by atoms with Crippen LogP contribution in [-0.2, 0) is 9.59 Å². The van der Waals surface area contributed by atoms with Crippen LogP contribution in [0.4, 0.5) is 11.4 Å². The van der Waals surface area contributed by atoms with E-state index in [1.807, 2.05) is 0 Å². The molecule has 162 valence electrons. The predicted molar refractivity (Wildman–Crippen MR) is 120 cm³/mol. The lowest BCUT2D eigenvalue weighted by Crippen LogP contribution is -2.25. The van der Waals surface area contributed by atoms with E-state index < -0.39 is 23.5 Å². The minimum absolute atomic E-state index is 0.172. The van der Waals surface area contributed by atoms with Gasteiger partial charge in [-0.2, -0.15) is 0 Å². The molecule has 34 heavy (non-hydrogen) atoms. The molecule has 8 nitrogen and oxygen atoms in total. The number of nitrogens with zero attached hydrogens (tertiary/aromatic N) is 2. The summed E-state index contributed by atoms with van der Waals surface area (Å²) in [7, 11) is 0. The smallest absolute Gasteiger partial charge is 0.357 e. The molecule has 0 bridgehead atoms. The third kappa shape index (κ3) is 3.67. The zero-order chi connectivity index (χ0) is 23.7. The van der Waals surface area contributed by atoms with Crippen LogP contribution in [-0.4, -0.2) is 35.2 Å². The van der Waals surface area contributed by atoms with Crippen LogP contribution in [0.25, 0.3) is 0 Å². The Hall–Kier alpha value is -5.16. The van der Waals surface area contributed by atoms with Crippen LogP contribution in [0, 0.1) is 0 Å². The highest BCUT2D eigenvalue weighted by atomic mass is 16.5. The summed E-state index contributed by atoms with van der Waals surface area (Å²) >= 11 is 0. The number of ether oxygens (including phenoxy) is 2. The fourth-order valence-corrected chi connectivity index (χ4v) is 3.32. The number of benzene rings is 3. The van der Waals surface area contributed by atoms with Gasteiger partial charge in [0.1, 0.15) is 11.5 Å². The van der Waals surface area contributed by atoms with E-state index in [-0.39, 0.29) is 45.1 Å². The van der Waals surface area contributed by atoms with Crippen molar-refractivity contribution in [2.24, 2.45) is 9.98 Å². The highest BCUT2D eigenvalue weighted by Gasteiger charge is 2.32. The molecule has 0 unspecified atom stereocenters. The normalized spacial score (nSPS) is 14.2. The zero-order valence-electron chi connectivity index (χ0n) is 17.3. The van der Waals surface area contributed by atoms with Crippen LogP contribution < -0.4 is 9.47 Å². The molecule has 8 heteroatoms. The van der Waals surface area contributed by atoms with Crippen molar-refractivity contribution in [1.29, 1.82) is 0 Å². The number of rotatable bonds is 2. The van der Waals surface area contributed by atoms with Gasteiger partial charge in [0.15, 0.2) is 11.1 Å². The summed E-state index contributed by atoms with van der Waals surface area (Å²) in [5, 5.41) is 0. The quantitative estimate of drug-likeness (QED) is 0.194. The first-order valence-corrected chi connectivity index (χ1v) is 10.0. The number of hydrogen-bond donors (Lipinski definition) is 0. The van der Waals surface area contributed by atoms with E-state index in [4.69, 9.17) is 9.47 Å². The summed E-state index contributed by atoms with van der Waals surface area (Å²) in [6.07, 6.45) is 0. The number of Topliss-reactive ketones (excluding diaryl/α,β-unsaturated/α-hetero) is 2. The number of esters is 2. The highest BCUT2D eigenvalue weighted by molar-refractivity contribution is 6.33. The van der Waals surface area contributed by atoms with Gasteiger partial charge < -0.3 is 9.47 Å². The predicted octanol–water partition coefficient (Wildman–Crippen LogP) is 3.75. The van der Waals surface area contributed by atoms with Crippen molar-refractivity contribution >= 4 is 46.6 Å². The van der Waals surface area contributed by atoms with Gasteiger partial charge in [-0.05, 0) is 36.4 Å². The Morgan fingerprint density at radius 3 is 1.35 bits per heavy atom. The molecule has 0 aromatic heterocycles. The van der Waals surface area contributed by atoms with E-state index in [0.717, 1.165) is 0 Å². The van der Waals surface area contributed by atoms with Crippen molar-refractivity contribution in [2.75, 3.05) is 0 Å². The summed E-state index contributed by atoms with van der Waals surface area (Å²) in [4.78, 5) is 58.0. The largest absolute Gasteiger partial charge is 0.422 e. The summed E-state index contributed by atoms with van der Waals surface area (Å²) in [6.45, 7) is 0. The average molecular weight is 448 g/mol. The third-order valence-electron chi connectivity index (χ3n) is 4.99. The number of carbonyl (C=O) groups excluding carboxylic acids is 4. The molecule has 3 aromatic carbocycles. The number of fused-ring (bicyclic) bond motifs is 2. The van der Waals surface area contributed by atoms with Gasteiger partial charge in [-0.15, -0.1) is 0 Å². The van der Waals surface area contributed by atoms with Gasteiger partial charge in [0.05, 0.1) is 22.5 Å². The van der Waals surface area contributed by atoms with E-state index >= 15 is 0 Å². The first kappa shape index (κ1) is 20.7. The fourth-order valence-electron chi connectivity index (χ4n) is 3.32. The molecule has 0 radical (unpaired) electrons. The number of hydrogen-bond acceptors (Lipinski definition) is 8. The molecule has 2 aliphatic heterocycles. The zero-order valence-corrected chi connectivity index (χ0v) is 17.3. The van der Waals surface area contributed by atoms with E-state index in [9.17, 15) is 19.2 Å². The Labute approximate surface area is 192 Å². The van der Waals surface area contributed by atoms with Crippen molar-refractivity contribution in [3.63, 3.8) is 0 Å². The van der Waals surface area contributed by atoms with Crippen LogP contribution in [0.5, 0.6) is 11.5 Å². The Kier molecular flexibility index (Phi) is 5.13. The van der Waals surface area contributed by atoms with Gasteiger partial charge in [-0.3, -0.25) is 9.59 Å². The standard InChI is InChI=1S/C26H12N2O6/c29-23-15-7-1-5-11-21(15)33-25(31)17(23)13-27-19-9-3-4-10-20(19)28-14-18-24(30)16-8-2-6-12-22(16)34-26(18)32/h1-12H. The lowest BCUT2D eigenvalue weighted by Gasteiger charge is -2.14. The maximum atomic E-state index is 12.7. The monoisotopic (exact) mass is 448 g/mol. The second kappa shape index (κ2) is 8.41. The van der Waals surface area contributed by atoms with Gasteiger partial charge in [-0.25, -0.2) is 19.6 Å². The third-order valence-corrected chi connectivity index (χ3v) is 4.99. The highest BCUT2D eigenvalue weighted by Crippen LogP contribution is 2.30. The molecule has 2 aliphatic rings. The Bertz CT molecular complexity index is 1440. The van der Waals surface area contributed by atoms with Gasteiger partial charge in [0.2, 0.25) is 11.6 Å². The molecule has 0 spiro atoms. The van der Waals surface area contributed by atoms with E-state index in [0.29, 0.717) is 0 Å². The first-order valence-electron chi connectivity index (χ1n) is 10.0. The molecule has 0 fully saturated rings. The van der Waals surface area contributed by atoms with Crippen LogP contribution >= 0.6 is 0 Å². The van der Waals surface area contributed by atoms with Gasteiger partial charge >= 0.3 is 11.9 Å². The average Bonchev–Trinajstić information content (AvgIpc) is 2.84. The van der Waals surface area contributed by atoms with Crippen molar-refractivity contribution in [3.05, 3.63) is 95.1 Å². The van der Waals surface area contributed by atoms with Gasteiger partial charge in [-0.1, -0.05) is 36.4 Å². The minimum Gasteiger partial charge on any atom is -0.422 e. The topological polar surface area (TPSA) is 111 Å². The number of carbonyl (C=O) groups is 4. The van der Waals surface area contributed by atoms with Crippen LogP contribution in [0.1, 0.15) is 20.7 Å². The Morgan fingerprint density at radius 1 is 0.529 bits per heavy atom. The van der Waals surface area contributed by atoms with Crippen molar-refractivity contribution in [3.8, 4) is 11.5 Å². The first-order chi connectivity index (χ1) is 16.5. The van der Waals surface area contributed by atoms with Crippen molar-refractivity contribution in [1.82, 2.24) is 0 Å². The fraction of sp³-hybridized carbons (Fsp3) is 0. The van der Waals surface area contributed by atoms with Crippen LogP contribution in [0.3, 0.4) is 0 Å². The van der Waals surface area contributed by atoms with Crippen LogP contribution in [0.2, 0.25) is 0 Å². The maximum absolute atomic E-state index is 12.7. The van der Waals surface area contributed by atoms with E-state index in [1.54, 1.807) is 48.5 Å². The lowest BCUT2D eigenvalue weighted by atomic mass is 10.0. The number of aliphatic imine (C=N–C) groups is 2. The molecule has 0 saturated carbocycles. The molecule has 3 aromatic rings. The number of para-hydroxylation sites is 4. The van der Waals surface area contributed by atoms with Gasteiger partial charge in [0.25, 0.3) is 0 Å². The summed E-state index contributed by atoms with van der Waals surface area (Å²) in [6, 6.07) is 19.1. The lowest BCUT2D eigenvalue weighted by molar-refractivity contribution is -0.130. The molecule has 0 atom stereocenters. The molecule has 0 aliphatic carbocycles. The summed E-state index contributed by atoms with van der Waals surface area (Å²) in [5.41, 5.74) is 0.173. The Balaban J connectivity index is 1.53. The van der Waals surface area contributed by atoms with E-state index in [1.165, 1.54) is 24.3 Å². The second-order valence-electron chi connectivity index (χ2n) is 7.12.